The lowest BCUT2D eigenvalue weighted by molar-refractivity contribution is 0.240. The van der Waals surface area contributed by atoms with Crippen LogP contribution in [0, 0.1) is 6.92 Å². The third-order valence-corrected chi connectivity index (χ3v) is 6.40. The Labute approximate surface area is 114 Å². The van der Waals surface area contributed by atoms with Crippen molar-refractivity contribution >= 4 is 9.84 Å². The van der Waals surface area contributed by atoms with Crippen molar-refractivity contribution < 1.29 is 8.42 Å². The molecule has 19 heavy (non-hydrogen) atoms. The van der Waals surface area contributed by atoms with Gasteiger partial charge in [0.05, 0.1) is 10.1 Å². The predicted octanol–water partition coefficient (Wildman–Crippen LogP) is 0.599. The minimum absolute atomic E-state index is 0.262. The molecule has 104 valence electrons. The maximum Gasteiger partial charge on any atom is 0.183 e. The monoisotopic (exact) mass is 280 g/mol. The SMILES string of the molecule is Cc1cccc2c1CC(CN1CCNCC1)S2(=O)=O. The van der Waals surface area contributed by atoms with Gasteiger partial charge in [0, 0.05) is 32.7 Å². The molecule has 2 heterocycles. The molecule has 2 aliphatic heterocycles. The molecule has 0 saturated carbocycles. The molecule has 5 heteroatoms. The number of piperazine rings is 1. The molecule has 2 aliphatic rings. The van der Waals surface area contributed by atoms with Gasteiger partial charge in [-0.3, -0.25) is 4.90 Å². The standard InChI is InChI=1S/C14H20N2O2S/c1-11-3-2-4-14-13(11)9-12(19(14,17)18)10-16-7-5-15-6-8-16/h2-4,12,15H,5-10H2,1H3. The molecule has 1 saturated heterocycles. The van der Waals surface area contributed by atoms with Crippen molar-refractivity contribution in [1.29, 1.82) is 0 Å². The van der Waals surface area contributed by atoms with Gasteiger partial charge in [-0.15, -0.1) is 0 Å². The average Bonchev–Trinajstić information content (AvgIpc) is 2.65. The number of nitrogens with zero attached hydrogens (tertiary/aromatic N) is 1. The predicted molar refractivity (Wildman–Crippen MR) is 75.2 cm³/mol. The quantitative estimate of drug-likeness (QED) is 0.862. The Kier molecular flexibility index (Phi) is 3.37. The summed E-state index contributed by atoms with van der Waals surface area (Å²) in [6, 6.07) is 5.61. The van der Waals surface area contributed by atoms with Crippen LogP contribution in [0.15, 0.2) is 23.1 Å². The summed E-state index contributed by atoms with van der Waals surface area (Å²) in [7, 11) is -3.13. The smallest absolute Gasteiger partial charge is 0.183 e. The van der Waals surface area contributed by atoms with Crippen LogP contribution in [-0.4, -0.2) is 51.3 Å². The fourth-order valence-electron chi connectivity index (χ4n) is 3.06. The van der Waals surface area contributed by atoms with Gasteiger partial charge < -0.3 is 5.32 Å². The van der Waals surface area contributed by atoms with E-state index in [1.165, 1.54) is 0 Å². The zero-order valence-electron chi connectivity index (χ0n) is 11.2. The number of nitrogens with one attached hydrogen (secondary N) is 1. The van der Waals surface area contributed by atoms with Gasteiger partial charge in [0.2, 0.25) is 0 Å². The van der Waals surface area contributed by atoms with Crippen molar-refractivity contribution in [1.82, 2.24) is 10.2 Å². The van der Waals surface area contributed by atoms with Crippen LogP contribution >= 0.6 is 0 Å². The number of aryl methyl sites for hydroxylation is 1. The maximum absolute atomic E-state index is 12.6. The second-order valence-electron chi connectivity index (χ2n) is 5.47. The highest BCUT2D eigenvalue weighted by atomic mass is 32.2. The van der Waals surface area contributed by atoms with E-state index >= 15 is 0 Å². The molecule has 4 nitrogen and oxygen atoms in total. The number of hydrogen-bond acceptors (Lipinski definition) is 4. The van der Waals surface area contributed by atoms with Gasteiger partial charge in [-0.1, -0.05) is 12.1 Å². The summed E-state index contributed by atoms with van der Waals surface area (Å²) in [5.41, 5.74) is 2.13. The summed E-state index contributed by atoms with van der Waals surface area (Å²) in [4.78, 5) is 2.83. The van der Waals surface area contributed by atoms with E-state index in [-0.39, 0.29) is 5.25 Å². The van der Waals surface area contributed by atoms with Crippen LogP contribution in [0.4, 0.5) is 0 Å². The van der Waals surface area contributed by atoms with E-state index in [0.29, 0.717) is 17.9 Å². The molecule has 1 fully saturated rings. The zero-order valence-corrected chi connectivity index (χ0v) is 12.0. The van der Waals surface area contributed by atoms with Crippen molar-refractivity contribution in [3.63, 3.8) is 0 Å². The lowest BCUT2D eigenvalue weighted by Crippen LogP contribution is -2.47. The molecular weight excluding hydrogens is 260 g/mol. The Balaban J connectivity index is 1.84. The number of hydrogen-bond donors (Lipinski definition) is 1. The van der Waals surface area contributed by atoms with E-state index < -0.39 is 9.84 Å². The first-order valence-electron chi connectivity index (χ1n) is 6.84. The van der Waals surface area contributed by atoms with Crippen molar-refractivity contribution in [2.45, 2.75) is 23.5 Å². The van der Waals surface area contributed by atoms with Gasteiger partial charge in [-0.2, -0.15) is 0 Å². The van der Waals surface area contributed by atoms with E-state index in [0.717, 1.165) is 37.3 Å². The molecule has 0 bridgehead atoms. The summed E-state index contributed by atoms with van der Waals surface area (Å²) < 4.78 is 25.1. The summed E-state index contributed by atoms with van der Waals surface area (Å²) in [6.07, 6.45) is 0.675. The molecule has 0 spiro atoms. The molecule has 0 radical (unpaired) electrons. The molecule has 1 N–H and O–H groups in total. The molecular formula is C14H20N2O2S. The Morgan fingerprint density at radius 3 is 2.74 bits per heavy atom. The van der Waals surface area contributed by atoms with E-state index in [2.05, 4.69) is 10.2 Å². The summed E-state index contributed by atoms with van der Waals surface area (Å²) in [5.74, 6) is 0. The van der Waals surface area contributed by atoms with Crippen LogP contribution in [0.5, 0.6) is 0 Å². The first-order valence-corrected chi connectivity index (χ1v) is 8.39. The normalized spacial score (nSPS) is 26.3. The maximum atomic E-state index is 12.6. The summed E-state index contributed by atoms with van der Waals surface area (Å²) in [6.45, 7) is 6.47. The molecule has 1 unspecified atom stereocenters. The molecule has 1 atom stereocenters. The van der Waals surface area contributed by atoms with Crippen LogP contribution < -0.4 is 5.32 Å². The lowest BCUT2D eigenvalue weighted by atomic mass is 10.0. The van der Waals surface area contributed by atoms with Gasteiger partial charge in [0.15, 0.2) is 9.84 Å². The molecule has 0 aliphatic carbocycles. The minimum Gasteiger partial charge on any atom is -0.314 e. The first kappa shape index (κ1) is 13.1. The summed E-state index contributed by atoms with van der Waals surface area (Å²) >= 11 is 0. The highest BCUT2D eigenvalue weighted by molar-refractivity contribution is 7.92. The van der Waals surface area contributed by atoms with Gasteiger partial charge >= 0.3 is 0 Å². The minimum atomic E-state index is -3.13. The second kappa shape index (κ2) is 4.89. The van der Waals surface area contributed by atoms with Crippen LogP contribution in [0.3, 0.4) is 0 Å². The Hall–Kier alpha value is -0.910. The summed E-state index contributed by atoms with van der Waals surface area (Å²) in [5, 5.41) is 3.03. The van der Waals surface area contributed by atoms with Crippen molar-refractivity contribution in [3.05, 3.63) is 29.3 Å². The number of sulfone groups is 1. The van der Waals surface area contributed by atoms with Gasteiger partial charge in [0.1, 0.15) is 0 Å². The van der Waals surface area contributed by atoms with Crippen molar-refractivity contribution in [2.24, 2.45) is 0 Å². The number of benzene rings is 1. The third-order valence-electron chi connectivity index (χ3n) is 4.22. The first-order chi connectivity index (χ1) is 9.09. The largest absolute Gasteiger partial charge is 0.314 e. The van der Waals surface area contributed by atoms with E-state index in [9.17, 15) is 8.42 Å². The van der Waals surface area contributed by atoms with E-state index in [1.807, 2.05) is 19.1 Å². The van der Waals surface area contributed by atoms with Crippen molar-refractivity contribution in [3.8, 4) is 0 Å². The van der Waals surface area contributed by atoms with Crippen LogP contribution in [-0.2, 0) is 16.3 Å². The average molecular weight is 280 g/mol. The Bertz CT molecular complexity index is 577. The molecule has 0 amide bonds. The topological polar surface area (TPSA) is 49.4 Å². The van der Waals surface area contributed by atoms with Crippen LogP contribution in [0.25, 0.3) is 0 Å². The lowest BCUT2D eigenvalue weighted by Gasteiger charge is -2.29. The Morgan fingerprint density at radius 1 is 1.32 bits per heavy atom. The van der Waals surface area contributed by atoms with Crippen LogP contribution in [0.1, 0.15) is 11.1 Å². The van der Waals surface area contributed by atoms with Gasteiger partial charge in [-0.05, 0) is 30.5 Å². The molecule has 3 rings (SSSR count). The zero-order chi connectivity index (χ0) is 13.5. The molecule has 1 aromatic rings. The fourth-order valence-corrected chi connectivity index (χ4v) is 5.07. The van der Waals surface area contributed by atoms with Crippen LogP contribution in [0.2, 0.25) is 0 Å². The molecule has 0 aromatic heterocycles. The second-order valence-corrected chi connectivity index (χ2v) is 7.67. The number of fused-ring (bicyclic) bond motifs is 1. The fraction of sp³-hybridized carbons (Fsp3) is 0.571. The highest BCUT2D eigenvalue weighted by Gasteiger charge is 2.38. The Morgan fingerprint density at radius 2 is 2.05 bits per heavy atom. The highest BCUT2D eigenvalue weighted by Crippen LogP contribution is 2.33. The van der Waals surface area contributed by atoms with Gasteiger partial charge in [-0.25, -0.2) is 8.42 Å². The molecule has 1 aromatic carbocycles. The third kappa shape index (κ3) is 2.30. The van der Waals surface area contributed by atoms with Gasteiger partial charge in [0.25, 0.3) is 0 Å². The van der Waals surface area contributed by atoms with E-state index in [1.54, 1.807) is 6.07 Å². The number of rotatable bonds is 2. The van der Waals surface area contributed by atoms with E-state index in [4.69, 9.17) is 0 Å². The van der Waals surface area contributed by atoms with Crippen molar-refractivity contribution in [2.75, 3.05) is 32.7 Å².